The molecule has 7 nitrogen and oxygen atoms in total. The number of carbonyl (C=O) groups excluding carboxylic acids is 1. The van der Waals surface area contributed by atoms with E-state index in [-0.39, 0.29) is 0 Å². The minimum absolute atomic E-state index is 2.63. The minimum Gasteiger partial charge on any atom is -0.269 e. The van der Waals surface area contributed by atoms with E-state index in [4.69, 9.17) is 0 Å². The Morgan fingerprint density at radius 1 is 0.929 bits per heavy atom. The van der Waals surface area contributed by atoms with Gasteiger partial charge in [-0.3, -0.25) is 25.0 Å². The summed E-state index contributed by atoms with van der Waals surface area (Å²) >= 11 is 0. The molecule has 14 heavy (non-hydrogen) atoms. The van der Waals surface area contributed by atoms with Gasteiger partial charge in [0.1, 0.15) is 9.85 Å². The van der Waals surface area contributed by atoms with Crippen LogP contribution in [0.2, 0.25) is 0 Å². The summed E-state index contributed by atoms with van der Waals surface area (Å²) in [6.07, 6.45) is 0. The molecule has 0 aliphatic rings. The third-order valence-corrected chi connectivity index (χ3v) is 1.00. The van der Waals surface area contributed by atoms with Crippen LogP contribution in [-0.4, -0.2) is 27.7 Å². The topological polar surface area (TPSA) is 103 Å². The van der Waals surface area contributed by atoms with Crippen LogP contribution in [0.25, 0.3) is 0 Å². The van der Waals surface area contributed by atoms with E-state index in [9.17, 15) is 42.6 Å². The number of Topliss-reactive ketones (excluding diaryl/α,β-unsaturated/α-hetero) is 1. The van der Waals surface area contributed by atoms with Crippen molar-refractivity contribution in [1.82, 2.24) is 0 Å². The van der Waals surface area contributed by atoms with Gasteiger partial charge in [-0.25, -0.2) is 0 Å². The van der Waals surface area contributed by atoms with Crippen LogP contribution in [0.4, 0.5) is 17.6 Å². The zero-order chi connectivity index (χ0) is 11.7. The van der Waals surface area contributed by atoms with E-state index in [1.165, 1.54) is 0 Å². The molecule has 80 valence electrons. The lowest BCUT2D eigenvalue weighted by Gasteiger charge is -2.07. The monoisotopic (exact) mass is 220 g/mol. The summed E-state index contributed by atoms with van der Waals surface area (Å²) < 4.78 is 47.9. The highest BCUT2D eigenvalue weighted by molar-refractivity contribution is 5.88. The first-order valence-electron chi connectivity index (χ1n) is 2.64. The van der Waals surface area contributed by atoms with Gasteiger partial charge in [-0.1, -0.05) is 0 Å². The van der Waals surface area contributed by atoms with Crippen LogP contribution in [0.15, 0.2) is 0 Å². The second kappa shape index (κ2) is 3.16. The molecule has 0 amide bonds. The second-order valence-corrected chi connectivity index (χ2v) is 1.93. The van der Waals surface area contributed by atoms with Crippen LogP contribution in [0.3, 0.4) is 0 Å². The molecule has 11 heteroatoms. The fourth-order valence-corrected chi connectivity index (χ4v) is 0.347. The third kappa shape index (κ3) is 1.75. The standard InChI is InChI=1S/C3F4N2O5/c4-2(5,8(11)12)1(10)3(6,7)9(13)14. The second-order valence-electron chi connectivity index (χ2n) is 1.93. The first-order valence-corrected chi connectivity index (χ1v) is 2.64. The SMILES string of the molecule is O=C(C(F)(F)[N+](=O)[O-])C(F)(F)[N+](=O)[O-]. The lowest BCUT2D eigenvalue weighted by Crippen LogP contribution is -2.51. The van der Waals surface area contributed by atoms with Crippen molar-refractivity contribution in [2.75, 3.05) is 0 Å². The molecule has 0 fully saturated rings. The molecule has 0 spiro atoms. The molecule has 0 aliphatic carbocycles. The maximum Gasteiger partial charge on any atom is 0.587 e. The molecular formula is C3F4N2O5. The van der Waals surface area contributed by atoms with Crippen molar-refractivity contribution in [3.63, 3.8) is 0 Å². The number of hydrogen-bond donors (Lipinski definition) is 0. The number of carbonyl (C=O) groups is 1. The Bertz CT molecular complexity index is 273. The van der Waals surface area contributed by atoms with Crippen LogP contribution in [-0.2, 0) is 4.79 Å². The highest BCUT2D eigenvalue weighted by Crippen LogP contribution is 2.27. The molecule has 0 radical (unpaired) electrons. The van der Waals surface area contributed by atoms with E-state index in [1.54, 1.807) is 0 Å². The first-order chi connectivity index (χ1) is 6.04. The molecule has 0 atom stereocenters. The molecule has 0 aromatic heterocycles. The Hall–Kier alpha value is -1.81. The Kier molecular flexibility index (Phi) is 2.75. The van der Waals surface area contributed by atoms with Crippen molar-refractivity contribution in [2.24, 2.45) is 0 Å². The van der Waals surface area contributed by atoms with E-state index in [2.05, 4.69) is 0 Å². The maximum atomic E-state index is 12.0. The predicted molar refractivity (Wildman–Crippen MR) is 28.9 cm³/mol. The van der Waals surface area contributed by atoms with Crippen LogP contribution in [0.5, 0.6) is 0 Å². The number of halogens is 4. The van der Waals surface area contributed by atoms with Gasteiger partial charge in [-0.15, -0.1) is 17.6 Å². The summed E-state index contributed by atoms with van der Waals surface area (Å²) in [6, 6.07) is -11.4. The summed E-state index contributed by atoms with van der Waals surface area (Å²) in [5.74, 6) is -3.68. The summed E-state index contributed by atoms with van der Waals surface area (Å²) in [7, 11) is 0. The first kappa shape index (κ1) is 12.2. The zero-order valence-electron chi connectivity index (χ0n) is 5.95. The van der Waals surface area contributed by atoms with Gasteiger partial charge < -0.3 is 0 Å². The Balaban J connectivity index is 5.16. The largest absolute Gasteiger partial charge is 0.587 e. The zero-order valence-corrected chi connectivity index (χ0v) is 5.95. The number of nitro groups is 2. The number of alkyl halides is 4. The number of nitrogens with zero attached hydrogens (tertiary/aromatic N) is 2. The Morgan fingerprint density at radius 3 is 1.29 bits per heavy atom. The van der Waals surface area contributed by atoms with Gasteiger partial charge in [-0.05, 0) is 0 Å². The fraction of sp³-hybridized carbons (Fsp3) is 0.667. The quantitative estimate of drug-likeness (QED) is 0.293. The van der Waals surface area contributed by atoms with Crippen LogP contribution >= 0.6 is 0 Å². The summed E-state index contributed by atoms with van der Waals surface area (Å²) in [4.78, 5) is 23.5. The molecule has 0 aromatic rings. The molecule has 0 heterocycles. The number of hydrogen-bond acceptors (Lipinski definition) is 5. The van der Waals surface area contributed by atoms with Gasteiger partial charge in [0.25, 0.3) is 0 Å². The molecule has 0 aliphatic heterocycles. The molecule has 0 aromatic carbocycles. The molecule has 0 saturated heterocycles. The molecule has 0 unspecified atom stereocenters. The summed E-state index contributed by atoms with van der Waals surface area (Å²) in [5, 5.41) is 18.8. The number of rotatable bonds is 4. The van der Waals surface area contributed by atoms with Crippen molar-refractivity contribution >= 4 is 5.78 Å². The van der Waals surface area contributed by atoms with Crippen molar-refractivity contribution in [1.29, 1.82) is 0 Å². The molecule has 0 saturated carbocycles. The van der Waals surface area contributed by atoms with Gasteiger partial charge in [0.2, 0.25) is 0 Å². The van der Waals surface area contributed by atoms with Crippen molar-refractivity contribution in [3.8, 4) is 0 Å². The highest BCUT2D eigenvalue weighted by atomic mass is 19.3. The van der Waals surface area contributed by atoms with Gasteiger partial charge >= 0.3 is 17.9 Å². The summed E-state index contributed by atoms with van der Waals surface area (Å²) in [5.41, 5.74) is 0. The van der Waals surface area contributed by atoms with Gasteiger partial charge in [0.15, 0.2) is 0 Å². The van der Waals surface area contributed by atoms with Crippen LogP contribution in [0.1, 0.15) is 0 Å². The van der Waals surface area contributed by atoms with Gasteiger partial charge in [-0.2, -0.15) is 0 Å². The summed E-state index contributed by atoms with van der Waals surface area (Å²) in [6.45, 7) is 0. The lowest BCUT2D eigenvalue weighted by molar-refractivity contribution is -0.654. The van der Waals surface area contributed by atoms with Gasteiger partial charge in [0.05, 0.1) is 0 Å². The van der Waals surface area contributed by atoms with E-state index in [0.29, 0.717) is 0 Å². The maximum absolute atomic E-state index is 12.0. The van der Waals surface area contributed by atoms with E-state index >= 15 is 0 Å². The molecular weight excluding hydrogens is 220 g/mol. The molecule has 0 rings (SSSR count). The third-order valence-electron chi connectivity index (χ3n) is 1.00. The number of ketones is 1. The van der Waals surface area contributed by atoms with Crippen molar-refractivity contribution in [3.05, 3.63) is 20.2 Å². The van der Waals surface area contributed by atoms with E-state index in [0.717, 1.165) is 0 Å². The average molecular weight is 220 g/mol. The molecule has 0 bridgehead atoms. The van der Waals surface area contributed by atoms with E-state index < -0.39 is 27.7 Å². The Morgan fingerprint density at radius 2 is 1.14 bits per heavy atom. The van der Waals surface area contributed by atoms with Crippen molar-refractivity contribution in [2.45, 2.75) is 12.1 Å². The van der Waals surface area contributed by atoms with Gasteiger partial charge in [0, 0.05) is 0 Å². The van der Waals surface area contributed by atoms with E-state index in [1.807, 2.05) is 0 Å². The highest BCUT2D eigenvalue weighted by Gasteiger charge is 2.72. The van der Waals surface area contributed by atoms with Crippen LogP contribution in [0, 0.1) is 20.2 Å². The average Bonchev–Trinajstić information content (AvgIpc) is 2.02. The smallest absolute Gasteiger partial charge is 0.269 e. The van der Waals surface area contributed by atoms with Crippen molar-refractivity contribution < 1.29 is 32.2 Å². The minimum atomic E-state index is -5.68. The van der Waals surface area contributed by atoms with Crippen LogP contribution < -0.4 is 0 Å². The normalized spacial score (nSPS) is 12.3. The lowest BCUT2D eigenvalue weighted by atomic mass is 10.3. The predicted octanol–water partition coefficient (Wildman–Crippen LogP) is 0.294. The molecule has 0 N–H and O–H groups in total. The Labute approximate surface area is 71.6 Å². The fourth-order valence-electron chi connectivity index (χ4n) is 0.347.